The zero-order valence-corrected chi connectivity index (χ0v) is 12.9. The van der Waals surface area contributed by atoms with E-state index in [4.69, 9.17) is 0 Å². The molecule has 1 unspecified atom stereocenters. The van der Waals surface area contributed by atoms with Crippen molar-refractivity contribution in [3.8, 4) is 0 Å². The summed E-state index contributed by atoms with van der Waals surface area (Å²) in [5.74, 6) is 0.346. The summed E-state index contributed by atoms with van der Waals surface area (Å²) in [5, 5.41) is 9.87. The number of nitrogens with zero attached hydrogens (tertiary/aromatic N) is 2. The normalized spacial score (nSPS) is 22.6. The summed E-state index contributed by atoms with van der Waals surface area (Å²) < 4.78 is 0. The lowest BCUT2D eigenvalue weighted by Crippen LogP contribution is -2.53. The number of fused-ring (bicyclic) bond motifs is 1. The van der Waals surface area contributed by atoms with Gasteiger partial charge in [0.05, 0.1) is 11.5 Å². The quantitative estimate of drug-likeness (QED) is 0.910. The summed E-state index contributed by atoms with van der Waals surface area (Å²) in [6, 6.07) is 8.24. The minimum atomic E-state index is -0.668. The second-order valence-electron chi connectivity index (χ2n) is 6.87. The molecule has 1 heterocycles. The van der Waals surface area contributed by atoms with Crippen LogP contribution in [0.1, 0.15) is 30.9 Å². The highest BCUT2D eigenvalue weighted by atomic mass is 16.3. The lowest BCUT2D eigenvalue weighted by atomic mass is 9.77. The van der Waals surface area contributed by atoms with Crippen molar-refractivity contribution in [1.29, 1.82) is 0 Å². The van der Waals surface area contributed by atoms with Crippen LogP contribution in [0, 0.1) is 0 Å². The molecular formula is C17H24N2O2. The van der Waals surface area contributed by atoms with Crippen molar-refractivity contribution >= 4 is 5.91 Å². The number of aliphatic hydroxyl groups is 1. The number of amides is 1. The van der Waals surface area contributed by atoms with Gasteiger partial charge in [0.2, 0.25) is 5.91 Å². The van der Waals surface area contributed by atoms with E-state index in [0.717, 1.165) is 32.6 Å². The van der Waals surface area contributed by atoms with Crippen molar-refractivity contribution in [2.45, 2.75) is 31.8 Å². The fourth-order valence-corrected chi connectivity index (χ4v) is 3.37. The van der Waals surface area contributed by atoms with Crippen molar-refractivity contribution in [3.63, 3.8) is 0 Å². The number of carbonyl (C=O) groups is 1. The van der Waals surface area contributed by atoms with Gasteiger partial charge in [0.15, 0.2) is 0 Å². The van der Waals surface area contributed by atoms with E-state index in [1.165, 1.54) is 11.1 Å². The molecule has 0 aromatic heterocycles. The Morgan fingerprint density at radius 3 is 2.52 bits per heavy atom. The van der Waals surface area contributed by atoms with Gasteiger partial charge >= 0.3 is 0 Å². The smallest absolute Gasteiger partial charge is 0.230 e. The van der Waals surface area contributed by atoms with Gasteiger partial charge < -0.3 is 10.0 Å². The van der Waals surface area contributed by atoms with Gasteiger partial charge in [0.25, 0.3) is 0 Å². The van der Waals surface area contributed by atoms with Crippen LogP contribution in [-0.4, -0.2) is 59.1 Å². The molecule has 4 heteroatoms. The highest BCUT2D eigenvalue weighted by Crippen LogP contribution is 2.36. The van der Waals surface area contributed by atoms with Gasteiger partial charge in [0, 0.05) is 32.7 Å². The van der Waals surface area contributed by atoms with Crippen LogP contribution in [-0.2, 0) is 11.2 Å². The summed E-state index contributed by atoms with van der Waals surface area (Å²) in [5.41, 5.74) is 1.86. The van der Waals surface area contributed by atoms with Crippen molar-refractivity contribution in [2.24, 2.45) is 0 Å². The molecule has 114 valence electrons. The van der Waals surface area contributed by atoms with E-state index in [-0.39, 0.29) is 11.8 Å². The minimum Gasteiger partial charge on any atom is -0.389 e. The Morgan fingerprint density at radius 2 is 1.90 bits per heavy atom. The van der Waals surface area contributed by atoms with Crippen molar-refractivity contribution in [3.05, 3.63) is 35.4 Å². The molecule has 1 aliphatic heterocycles. The van der Waals surface area contributed by atoms with E-state index in [1.807, 2.05) is 30.9 Å². The van der Waals surface area contributed by atoms with Crippen molar-refractivity contribution in [2.75, 3.05) is 32.7 Å². The van der Waals surface area contributed by atoms with E-state index in [1.54, 1.807) is 0 Å². The average Bonchev–Trinajstić information content (AvgIpc) is 2.39. The van der Waals surface area contributed by atoms with E-state index >= 15 is 0 Å². The Hall–Kier alpha value is -1.39. The molecule has 1 aromatic rings. The predicted octanol–water partition coefficient (Wildman–Crippen LogP) is 1.24. The SMILES string of the molecule is CC(C)(O)CN1CCN(C(=O)C2Cc3ccccc32)CC1. The predicted molar refractivity (Wildman–Crippen MR) is 82.2 cm³/mol. The molecule has 0 spiro atoms. The number of piperazine rings is 1. The number of benzene rings is 1. The molecule has 3 rings (SSSR count). The molecule has 1 saturated heterocycles. The first-order valence-corrected chi connectivity index (χ1v) is 7.75. The van der Waals surface area contributed by atoms with Gasteiger partial charge in [-0.3, -0.25) is 9.69 Å². The highest BCUT2D eigenvalue weighted by Gasteiger charge is 2.35. The zero-order valence-electron chi connectivity index (χ0n) is 12.9. The van der Waals surface area contributed by atoms with E-state index in [9.17, 15) is 9.90 Å². The molecule has 1 fully saturated rings. The minimum absolute atomic E-state index is 0.0713. The van der Waals surface area contributed by atoms with Crippen LogP contribution in [0.15, 0.2) is 24.3 Å². The Bertz CT molecular complexity index is 528. The Kier molecular flexibility index (Phi) is 3.76. The summed E-state index contributed by atoms with van der Waals surface area (Å²) >= 11 is 0. The first-order chi connectivity index (χ1) is 9.94. The van der Waals surface area contributed by atoms with Crippen molar-refractivity contribution in [1.82, 2.24) is 9.80 Å². The van der Waals surface area contributed by atoms with Gasteiger partial charge in [-0.05, 0) is 31.4 Å². The number of carbonyl (C=O) groups excluding carboxylic acids is 1. The number of β-amino-alcohol motifs (C(OH)–C–C–N with tert-alkyl or cyclic N) is 1. The van der Waals surface area contributed by atoms with Crippen LogP contribution in [0.4, 0.5) is 0 Å². The third-order valence-corrected chi connectivity index (χ3v) is 4.45. The Balaban J connectivity index is 1.55. The molecule has 0 saturated carbocycles. The molecule has 4 nitrogen and oxygen atoms in total. The van der Waals surface area contributed by atoms with E-state index < -0.39 is 5.60 Å². The molecule has 1 aliphatic carbocycles. The summed E-state index contributed by atoms with van der Waals surface area (Å²) in [6.45, 7) is 7.57. The number of hydrogen-bond acceptors (Lipinski definition) is 3. The lowest BCUT2D eigenvalue weighted by molar-refractivity contribution is -0.135. The molecule has 0 bridgehead atoms. The molecular weight excluding hydrogens is 264 g/mol. The van der Waals surface area contributed by atoms with Crippen LogP contribution < -0.4 is 0 Å². The highest BCUT2D eigenvalue weighted by molar-refractivity contribution is 5.87. The second kappa shape index (κ2) is 5.43. The second-order valence-corrected chi connectivity index (χ2v) is 6.87. The summed E-state index contributed by atoms with van der Waals surface area (Å²) in [6.07, 6.45) is 0.888. The molecule has 1 atom stereocenters. The van der Waals surface area contributed by atoms with E-state index in [0.29, 0.717) is 6.54 Å². The van der Waals surface area contributed by atoms with Gasteiger partial charge in [-0.2, -0.15) is 0 Å². The maximum absolute atomic E-state index is 12.6. The first kappa shape index (κ1) is 14.5. The molecule has 1 aromatic carbocycles. The largest absolute Gasteiger partial charge is 0.389 e. The number of hydrogen-bond donors (Lipinski definition) is 1. The maximum Gasteiger partial charge on any atom is 0.230 e. The van der Waals surface area contributed by atoms with Gasteiger partial charge in [0.1, 0.15) is 0 Å². The number of rotatable bonds is 3. The van der Waals surface area contributed by atoms with Crippen LogP contribution >= 0.6 is 0 Å². The van der Waals surface area contributed by atoms with Gasteiger partial charge in [-0.15, -0.1) is 0 Å². The molecule has 21 heavy (non-hydrogen) atoms. The third-order valence-electron chi connectivity index (χ3n) is 4.45. The molecule has 1 N–H and O–H groups in total. The van der Waals surface area contributed by atoms with Crippen LogP contribution in [0.3, 0.4) is 0 Å². The summed E-state index contributed by atoms with van der Waals surface area (Å²) in [4.78, 5) is 16.8. The Morgan fingerprint density at radius 1 is 1.24 bits per heavy atom. The van der Waals surface area contributed by atoms with Gasteiger partial charge in [-0.25, -0.2) is 0 Å². The third kappa shape index (κ3) is 3.11. The van der Waals surface area contributed by atoms with Crippen LogP contribution in [0.5, 0.6) is 0 Å². The lowest BCUT2D eigenvalue weighted by Gasteiger charge is -2.40. The topological polar surface area (TPSA) is 43.8 Å². The van der Waals surface area contributed by atoms with Crippen LogP contribution in [0.25, 0.3) is 0 Å². The Labute approximate surface area is 126 Å². The van der Waals surface area contributed by atoms with Gasteiger partial charge in [-0.1, -0.05) is 24.3 Å². The fourth-order valence-electron chi connectivity index (χ4n) is 3.37. The average molecular weight is 288 g/mol. The molecule has 1 amide bonds. The standard InChI is InChI=1S/C17H24N2O2/c1-17(2,21)12-18-7-9-19(10-8-18)16(20)15-11-13-5-3-4-6-14(13)15/h3-6,15,21H,7-12H2,1-2H3. The monoisotopic (exact) mass is 288 g/mol. The molecule has 0 radical (unpaired) electrons. The van der Waals surface area contributed by atoms with Crippen LogP contribution in [0.2, 0.25) is 0 Å². The molecule has 2 aliphatic rings. The van der Waals surface area contributed by atoms with Crippen molar-refractivity contribution < 1.29 is 9.90 Å². The van der Waals surface area contributed by atoms with E-state index in [2.05, 4.69) is 17.0 Å². The fraction of sp³-hybridized carbons (Fsp3) is 0.588. The first-order valence-electron chi connectivity index (χ1n) is 7.75. The maximum atomic E-state index is 12.6. The summed E-state index contributed by atoms with van der Waals surface area (Å²) in [7, 11) is 0. The zero-order chi connectivity index (χ0) is 15.0.